The molecule has 2 rings (SSSR count). The van der Waals surface area contributed by atoms with E-state index in [1.165, 1.54) is 76.2 Å². The zero-order valence-corrected chi connectivity index (χ0v) is 18.4. The summed E-state index contributed by atoms with van der Waals surface area (Å²) in [5.74, 6) is 0.958. The molecule has 0 amide bonds. The number of hydrogen-bond donors (Lipinski definition) is 1. The van der Waals surface area contributed by atoms with E-state index in [9.17, 15) is 0 Å². The first-order chi connectivity index (χ1) is 14.4. The summed E-state index contributed by atoms with van der Waals surface area (Å²) in [7, 11) is 0. The van der Waals surface area contributed by atoms with Crippen LogP contribution in [0.15, 0.2) is 48.8 Å². The summed E-state index contributed by atoms with van der Waals surface area (Å²) in [5, 5.41) is 3.41. The molecule has 2 aromatic rings. The van der Waals surface area contributed by atoms with E-state index in [2.05, 4.69) is 35.4 Å². The number of benzene rings is 1. The lowest BCUT2D eigenvalue weighted by Crippen LogP contribution is -2.00. The second-order valence-electron chi connectivity index (χ2n) is 7.98. The number of pyridine rings is 1. The highest BCUT2D eigenvalue weighted by Crippen LogP contribution is 2.17. The molecule has 0 saturated carbocycles. The van der Waals surface area contributed by atoms with Crippen molar-refractivity contribution in [3.8, 4) is 5.75 Å². The largest absolute Gasteiger partial charge is 0.494 e. The Balaban J connectivity index is 1.42. The van der Waals surface area contributed by atoms with Gasteiger partial charge in [-0.15, -0.1) is 0 Å². The number of unbranched alkanes of at least 4 members (excludes halogenated alkanes) is 11. The number of rotatable bonds is 17. The fraction of sp³-hybridized carbons (Fsp3) is 0.577. The van der Waals surface area contributed by atoms with Gasteiger partial charge in [0, 0.05) is 24.6 Å². The summed E-state index contributed by atoms with van der Waals surface area (Å²) in [6, 6.07) is 12.3. The third-order valence-corrected chi connectivity index (χ3v) is 5.34. The Morgan fingerprint density at radius 1 is 0.759 bits per heavy atom. The molecule has 1 N–H and O–H groups in total. The summed E-state index contributed by atoms with van der Waals surface area (Å²) in [4.78, 5) is 4.14. The molecule has 0 spiro atoms. The predicted octanol–water partition coefficient (Wildman–Crippen LogP) is 7.77. The lowest BCUT2D eigenvalue weighted by molar-refractivity contribution is 0.304. The van der Waals surface area contributed by atoms with Crippen LogP contribution < -0.4 is 10.1 Å². The van der Waals surface area contributed by atoms with Crippen molar-refractivity contribution in [2.24, 2.45) is 0 Å². The molecule has 0 aliphatic heterocycles. The number of ether oxygens (including phenoxy) is 1. The van der Waals surface area contributed by atoms with E-state index in [1.807, 2.05) is 24.4 Å². The quantitative estimate of drug-likeness (QED) is 0.277. The van der Waals surface area contributed by atoms with Crippen LogP contribution in [0.2, 0.25) is 0 Å². The van der Waals surface area contributed by atoms with Crippen molar-refractivity contribution in [3.63, 3.8) is 0 Å². The minimum absolute atomic E-state index is 0.785. The van der Waals surface area contributed by atoms with E-state index in [-0.39, 0.29) is 0 Å². The monoisotopic (exact) mass is 396 g/mol. The average Bonchev–Trinajstić information content (AvgIpc) is 2.77. The first-order valence-electron chi connectivity index (χ1n) is 11.7. The molecule has 0 fully saturated rings. The molecule has 0 aliphatic rings. The molecule has 29 heavy (non-hydrogen) atoms. The van der Waals surface area contributed by atoms with E-state index in [4.69, 9.17) is 4.74 Å². The van der Waals surface area contributed by atoms with Gasteiger partial charge in [-0.1, -0.05) is 83.6 Å². The highest BCUT2D eigenvalue weighted by Gasteiger charge is 1.98. The van der Waals surface area contributed by atoms with Crippen molar-refractivity contribution >= 4 is 5.69 Å². The van der Waals surface area contributed by atoms with Crippen LogP contribution in [0.3, 0.4) is 0 Å². The Hall–Kier alpha value is -2.03. The predicted molar refractivity (Wildman–Crippen MR) is 125 cm³/mol. The van der Waals surface area contributed by atoms with E-state index >= 15 is 0 Å². The van der Waals surface area contributed by atoms with E-state index in [0.717, 1.165) is 31.0 Å². The SMILES string of the molecule is CCCCCCCCCCCCCCOc1ccc(NCc2cccnc2)cc1. The van der Waals surface area contributed by atoms with Crippen molar-refractivity contribution in [1.29, 1.82) is 0 Å². The average molecular weight is 397 g/mol. The van der Waals surface area contributed by atoms with Gasteiger partial charge in [-0.2, -0.15) is 0 Å². The van der Waals surface area contributed by atoms with Crippen molar-refractivity contribution in [2.45, 2.75) is 90.5 Å². The van der Waals surface area contributed by atoms with Crippen molar-refractivity contribution in [2.75, 3.05) is 11.9 Å². The minimum atomic E-state index is 0.785. The fourth-order valence-corrected chi connectivity index (χ4v) is 3.51. The van der Waals surface area contributed by atoms with Crippen LogP contribution >= 0.6 is 0 Å². The van der Waals surface area contributed by atoms with E-state index in [1.54, 1.807) is 6.20 Å². The van der Waals surface area contributed by atoms with Crippen LogP contribution in [-0.4, -0.2) is 11.6 Å². The zero-order chi connectivity index (χ0) is 20.4. The maximum absolute atomic E-state index is 5.88. The lowest BCUT2D eigenvalue weighted by atomic mass is 10.1. The Morgan fingerprint density at radius 3 is 1.97 bits per heavy atom. The molecule has 160 valence electrons. The Bertz CT molecular complexity index is 612. The second kappa shape index (κ2) is 15.8. The molecule has 0 bridgehead atoms. The first-order valence-corrected chi connectivity index (χ1v) is 11.7. The number of hydrogen-bond acceptors (Lipinski definition) is 3. The summed E-state index contributed by atoms with van der Waals surface area (Å²) in [5.41, 5.74) is 2.28. The molecular weight excluding hydrogens is 356 g/mol. The van der Waals surface area contributed by atoms with Crippen molar-refractivity contribution in [3.05, 3.63) is 54.4 Å². The topological polar surface area (TPSA) is 34.1 Å². The van der Waals surface area contributed by atoms with Crippen LogP contribution in [0, 0.1) is 0 Å². The Kier molecular flexibility index (Phi) is 12.7. The minimum Gasteiger partial charge on any atom is -0.494 e. The normalized spacial score (nSPS) is 10.8. The van der Waals surface area contributed by atoms with Gasteiger partial charge >= 0.3 is 0 Å². The van der Waals surface area contributed by atoms with Gasteiger partial charge in [0.05, 0.1) is 6.61 Å². The zero-order valence-electron chi connectivity index (χ0n) is 18.4. The van der Waals surface area contributed by atoms with Crippen LogP contribution in [0.25, 0.3) is 0 Å². The van der Waals surface area contributed by atoms with Crippen molar-refractivity contribution in [1.82, 2.24) is 4.98 Å². The number of nitrogens with zero attached hydrogens (tertiary/aromatic N) is 1. The summed E-state index contributed by atoms with van der Waals surface area (Å²) in [6.07, 6.45) is 20.2. The second-order valence-corrected chi connectivity index (χ2v) is 7.98. The summed E-state index contributed by atoms with van der Waals surface area (Å²) >= 11 is 0. The molecule has 3 nitrogen and oxygen atoms in total. The molecule has 0 saturated heterocycles. The highest BCUT2D eigenvalue weighted by atomic mass is 16.5. The molecule has 1 aromatic carbocycles. The maximum atomic E-state index is 5.88. The van der Waals surface area contributed by atoms with Crippen LogP contribution in [0.5, 0.6) is 5.75 Å². The van der Waals surface area contributed by atoms with Gasteiger partial charge in [-0.05, 0) is 42.3 Å². The maximum Gasteiger partial charge on any atom is 0.119 e. The number of aromatic nitrogens is 1. The smallest absolute Gasteiger partial charge is 0.119 e. The van der Waals surface area contributed by atoms with Gasteiger partial charge in [-0.25, -0.2) is 0 Å². The summed E-state index contributed by atoms with van der Waals surface area (Å²) < 4.78 is 5.88. The van der Waals surface area contributed by atoms with Crippen LogP contribution in [-0.2, 0) is 6.54 Å². The molecule has 0 aliphatic carbocycles. The van der Waals surface area contributed by atoms with E-state index in [0.29, 0.717) is 0 Å². The van der Waals surface area contributed by atoms with Crippen molar-refractivity contribution < 1.29 is 4.74 Å². The van der Waals surface area contributed by atoms with Gasteiger partial charge in [0.1, 0.15) is 5.75 Å². The Morgan fingerprint density at radius 2 is 1.38 bits per heavy atom. The summed E-state index contributed by atoms with van der Waals surface area (Å²) in [6.45, 7) is 3.89. The molecule has 0 atom stereocenters. The van der Waals surface area contributed by atoms with E-state index < -0.39 is 0 Å². The number of nitrogens with one attached hydrogen (secondary N) is 1. The van der Waals surface area contributed by atoms with Gasteiger partial charge in [0.25, 0.3) is 0 Å². The standard InChI is InChI=1S/C26H40N2O/c1-2-3-4-5-6-7-8-9-10-11-12-13-21-29-26-18-16-25(17-19-26)28-23-24-15-14-20-27-22-24/h14-20,22,28H,2-13,21,23H2,1H3. The molecule has 1 aromatic heterocycles. The van der Waals surface area contributed by atoms with Crippen LogP contribution in [0.1, 0.15) is 89.5 Å². The highest BCUT2D eigenvalue weighted by molar-refractivity contribution is 5.46. The van der Waals surface area contributed by atoms with Gasteiger partial charge in [0.15, 0.2) is 0 Å². The molecule has 1 heterocycles. The third-order valence-electron chi connectivity index (χ3n) is 5.34. The molecular formula is C26H40N2O. The first kappa shape index (κ1) is 23.3. The molecule has 0 unspecified atom stereocenters. The van der Waals surface area contributed by atoms with Gasteiger partial charge < -0.3 is 10.1 Å². The fourth-order valence-electron chi connectivity index (χ4n) is 3.51. The van der Waals surface area contributed by atoms with Gasteiger partial charge in [-0.3, -0.25) is 4.98 Å². The molecule has 0 radical (unpaired) electrons. The lowest BCUT2D eigenvalue weighted by Gasteiger charge is -2.09. The Labute approximate surface area is 178 Å². The van der Waals surface area contributed by atoms with Crippen LogP contribution in [0.4, 0.5) is 5.69 Å². The third kappa shape index (κ3) is 11.5. The van der Waals surface area contributed by atoms with Gasteiger partial charge in [0.2, 0.25) is 0 Å². The molecule has 3 heteroatoms. The number of anilines is 1.